The fraction of sp³-hybridized carbons (Fsp3) is 0.500. The van der Waals surface area contributed by atoms with Crippen LogP contribution in [0.4, 0.5) is 4.39 Å². The Bertz CT molecular complexity index is 441. The average Bonchev–Trinajstić information content (AvgIpc) is 2.80. The standard InChI is InChI=1S/C10H12FN3S/c11-10(1-2-12-7-10)5-8-6-14-3-4-15-9(14)13-8/h3-4,6,12H,1-2,5,7H2. The lowest BCUT2D eigenvalue weighted by molar-refractivity contribution is 0.189. The molecule has 1 atom stereocenters. The fourth-order valence-corrected chi connectivity index (χ4v) is 2.77. The largest absolute Gasteiger partial charge is 0.313 e. The van der Waals surface area contributed by atoms with Crippen LogP contribution < -0.4 is 5.32 Å². The lowest BCUT2D eigenvalue weighted by Gasteiger charge is -2.15. The molecule has 0 saturated carbocycles. The predicted molar refractivity (Wildman–Crippen MR) is 58.1 cm³/mol. The van der Waals surface area contributed by atoms with Gasteiger partial charge in [-0.3, -0.25) is 4.40 Å². The first-order valence-electron chi connectivity index (χ1n) is 5.06. The molecular weight excluding hydrogens is 213 g/mol. The van der Waals surface area contributed by atoms with Crippen molar-refractivity contribution in [1.29, 1.82) is 0 Å². The number of alkyl halides is 1. The molecule has 1 unspecified atom stereocenters. The number of aromatic nitrogens is 2. The topological polar surface area (TPSA) is 29.3 Å². The third-order valence-corrected chi connectivity index (χ3v) is 3.60. The molecule has 3 heterocycles. The molecule has 0 spiro atoms. The summed E-state index contributed by atoms with van der Waals surface area (Å²) < 4.78 is 16.1. The van der Waals surface area contributed by atoms with Gasteiger partial charge in [0.1, 0.15) is 5.67 Å². The highest BCUT2D eigenvalue weighted by molar-refractivity contribution is 7.15. The Balaban J connectivity index is 1.85. The van der Waals surface area contributed by atoms with Gasteiger partial charge in [0.15, 0.2) is 4.96 Å². The molecule has 2 aromatic heterocycles. The van der Waals surface area contributed by atoms with Crippen LogP contribution >= 0.6 is 11.3 Å². The highest BCUT2D eigenvalue weighted by Gasteiger charge is 2.34. The molecule has 1 aliphatic heterocycles. The van der Waals surface area contributed by atoms with Gasteiger partial charge in [-0.1, -0.05) is 0 Å². The molecule has 0 aliphatic carbocycles. The van der Waals surface area contributed by atoms with Crippen LogP contribution in [0.25, 0.3) is 4.96 Å². The maximum Gasteiger partial charge on any atom is 0.193 e. The van der Waals surface area contributed by atoms with E-state index in [1.807, 2.05) is 22.2 Å². The summed E-state index contributed by atoms with van der Waals surface area (Å²) in [5, 5.41) is 5.03. The smallest absolute Gasteiger partial charge is 0.193 e. The molecule has 1 fully saturated rings. The molecule has 3 nitrogen and oxygen atoms in total. The lowest BCUT2D eigenvalue weighted by Crippen LogP contribution is -2.28. The highest BCUT2D eigenvalue weighted by Crippen LogP contribution is 2.25. The zero-order valence-electron chi connectivity index (χ0n) is 8.24. The minimum Gasteiger partial charge on any atom is -0.313 e. The van der Waals surface area contributed by atoms with Crippen LogP contribution in [0, 0.1) is 0 Å². The monoisotopic (exact) mass is 225 g/mol. The van der Waals surface area contributed by atoms with Crippen molar-refractivity contribution in [3.8, 4) is 0 Å². The first kappa shape index (κ1) is 9.30. The number of rotatable bonds is 2. The number of fused-ring (bicyclic) bond motifs is 1. The van der Waals surface area contributed by atoms with Crippen molar-refractivity contribution in [2.75, 3.05) is 13.1 Å². The van der Waals surface area contributed by atoms with E-state index in [1.54, 1.807) is 11.3 Å². The van der Waals surface area contributed by atoms with Gasteiger partial charge in [-0.25, -0.2) is 9.37 Å². The molecule has 0 amide bonds. The van der Waals surface area contributed by atoms with Gasteiger partial charge in [0, 0.05) is 30.7 Å². The molecule has 0 bridgehead atoms. The fourth-order valence-electron chi connectivity index (χ4n) is 2.05. The Morgan fingerprint density at radius 2 is 2.60 bits per heavy atom. The summed E-state index contributed by atoms with van der Waals surface area (Å²) in [6.07, 6.45) is 4.90. The lowest BCUT2D eigenvalue weighted by atomic mass is 9.99. The Morgan fingerprint density at radius 3 is 3.33 bits per heavy atom. The van der Waals surface area contributed by atoms with E-state index in [0.29, 0.717) is 19.4 Å². The zero-order valence-corrected chi connectivity index (χ0v) is 9.06. The third kappa shape index (κ3) is 1.66. The van der Waals surface area contributed by atoms with Crippen molar-refractivity contribution in [1.82, 2.24) is 14.7 Å². The maximum atomic E-state index is 14.1. The maximum absolute atomic E-state index is 14.1. The van der Waals surface area contributed by atoms with Crippen molar-refractivity contribution >= 4 is 16.3 Å². The van der Waals surface area contributed by atoms with Crippen molar-refractivity contribution in [3.63, 3.8) is 0 Å². The van der Waals surface area contributed by atoms with E-state index in [-0.39, 0.29) is 0 Å². The Morgan fingerprint density at radius 1 is 1.67 bits per heavy atom. The first-order valence-corrected chi connectivity index (χ1v) is 5.94. The van der Waals surface area contributed by atoms with Crippen LogP contribution in [-0.2, 0) is 6.42 Å². The summed E-state index contributed by atoms with van der Waals surface area (Å²) in [4.78, 5) is 5.34. The molecule has 0 aromatic carbocycles. The van der Waals surface area contributed by atoms with Gasteiger partial charge >= 0.3 is 0 Å². The third-order valence-electron chi connectivity index (χ3n) is 2.83. The number of thiazole rings is 1. The highest BCUT2D eigenvalue weighted by atomic mass is 32.1. The van der Waals surface area contributed by atoms with E-state index in [9.17, 15) is 4.39 Å². The molecule has 1 aliphatic rings. The quantitative estimate of drug-likeness (QED) is 0.842. The molecule has 80 valence electrons. The van der Waals surface area contributed by atoms with E-state index in [4.69, 9.17) is 0 Å². The minimum atomic E-state index is -1.09. The summed E-state index contributed by atoms with van der Waals surface area (Å²) in [6.45, 7) is 1.23. The number of imidazole rings is 1. The predicted octanol–water partition coefficient (Wildman–Crippen LogP) is 1.64. The molecule has 2 aromatic rings. The van der Waals surface area contributed by atoms with Gasteiger partial charge in [0.2, 0.25) is 0 Å². The van der Waals surface area contributed by atoms with Gasteiger partial charge in [0.05, 0.1) is 5.69 Å². The van der Waals surface area contributed by atoms with Gasteiger partial charge < -0.3 is 5.32 Å². The first-order chi connectivity index (χ1) is 7.25. The molecule has 1 saturated heterocycles. The van der Waals surface area contributed by atoms with Crippen molar-refractivity contribution < 1.29 is 4.39 Å². The minimum absolute atomic E-state index is 0.425. The van der Waals surface area contributed by atoms with Crippen LogP contribution in [0.15, 0.2) is 17.8 Å². The molecular formula is C10H12FN3S. The van der Waals surface area contributed by atoms with Gasteiger partial charge in [0.25, 0.3) is 0 Å². The van der Waals surface area contributed by atoms with Crippen LogP contribution in [0.3, 0.4) is 0 Å². The SMILES string of the molecule is FC1(Cc2cn3ccsc3n2)CCNC1. The van der Waals surface area contributed by atoms with Crippen molar-refractivity contribution in [3.05, 3.63) is 23.5 Å². The number of hydrogen-bond acceptors (Lipinski definition) is 3. The summed E-state index contributed by atoms with van der Waals surface area (Å²) in [6, 6.07) is 0. The second kappa shape index (κ2) is 3.28. The number of halogens is 1. The Hall–Kier alpha value is -0.940. The number of nitrogens with one attached hydrogen (secondary N) is 1. The summed E-state index contributed by atoms with van der Waals surface area (Å²) in [5.74, 6) is 0. The Kier molecular flexibility index (Phi) is 2.03. The summed E-state index contributed by atoms with van der Waals surface area (Å²) in [7, 11) is 0. The van der Waals surface area contributed by atoms with E-state index >= 15 is 0 Å². The normalized spacial score (nSPS) is 26.5. The van der Waals surface area contributed by atoms with E-state index < -0.39 is 5.67 Å². The van der Waals surface area contributed by atoms with Crippen LogP contribution in [0.1, 0.15) is 12.1 Å². The van der Waals surface area contributed by atoms with Crippen LogP contribution in [-0.4, -0.2) is 28.1 Å². The van der Waals surface area contributed by atoms with Crippen molar-refractivity contribution in [2.45, 2.75) is 18.5 Å². The molecule has 3 rings (SSSR count). The number of hydrogen-bond donors (Lipinski definition) is 1. The molecule has 15 heavy (non-hydrogen) atoms. The van der Waals surface area contributed by atoms with E-state index in [0.717, 1.165) is 17.2 Å². The summed E-state index contributed by atoms with van der Waals surface area (Å²) >= 11 is 1.58. The second-order valence-corrected chi connectivity index (χ2v) is 4.95. The Labute approximate surface area is 90.9 Å². The van der Waals surface area contributed by atoms with Crippen LogP contribution in [0.5, 0.6) is 0 Å². The summed E-state index contributed by atoms with van der Waals surface area (Å²) in [5.41, 5.74) is -0.239. The van der Waals surface area contributed by atoms with E-state index in [2.05, 4.69) is 10.3 Å². The van der Waals surface area contributed by atoms with Gasteiger partial charge in [-0.2, -0.15) is 0 Å². The molecule has 1 N–H and O–H groups in total. The molecule has 0 radical (unpaired) electrons. The van der Waals surface area contributed by atoms with Gasteiger partial charge in [-0.05, 0) is 13.0 Å². The van der Waals surface area contributed by atoms with E-state index in [1.165, 1.54) is 0 Å². The number of nitrogens with zero attached hydrogens (tertiary/aromatic N) is 2. The van der Waals surface area contributed by atoms with Crippen LogP contribution in [0.2, 0.25) is 0 Å². The average molecular weight is 225 g/mol. The molecule has 5 heteroatoms. The van der Waals surface area contributed by atoms with Gasteiger partial charge in [-0.15, -0.1) is 11.3 Å². The van der Waals surface area contributed by atoms with Crippen molar-refractivity contribution in [2.24, 2.45) is 0 Å². The zero-order chi connectivity index (χ0) is 10.3. The second-order valence-electron chi connectivity index (χ2n) is 4.08.